The highest BCUT2D eigenvalue weighted by Gasteiger charge is 2.13. The van der Waals surface area contributed by atoms with Crippen molar-refractivity contribution in [3.05, 3.63) is 29.5 Å². The maximum absolute atomic E-state index is 10.7. The molecule has 82 valence electrons. The van der Waals surface area contributed by atoms with Crippen LogP contribution in [0.3, 0.4) is 0 Å². The number of aromatic carboxylic acids is 1. The molecule has 0 atom stereocenters. The lowest BCUT2D eigenvalue weighted by Crippen LogP contribution is -1.91. The van der Waals surface area contributed by atoms with Crippen molar-refractivity contribution in [2.24, 2.45) is 0 Å². The van der Waals surface area contributed by atoms with E-state index in [0.717, 1.165) is 0 Å². The summed E-state index contributed by atoms with van der Waals surface area (Å²) in [5.41, 5.74) is 0.668. The van der Waals surface area contributed by atoms with Gasteiger partial charge in [-0.05, 0) is 18.2 Å². The highest BCUT2D eigenvalue weighted by atomic mass is 16.5. The van der Waals surface area contributed by atoms with Crippen molar-refractivity contribution in [1.29, 1.82) is 0 Å². The Labute approximate surface area is 90.2 Å². The topological polar surface area (TPSA) is 76.7 Å². The Hall–Kier alpha value is -2.30. The Morgan fingerprint density at radius 3 is 2.75 bits per heavy atom. The first-order valence-electron chi connectivity index (χ1n) is 4.45. The van der Waals surface area contributed by atoms with Crippen molar-refractivity contribution in [1.82, 2.24) is 0 Å². The van der Waals surface area contributed by atoms with Gasteiger partial charge in [0.25, 0.3) is 0 Å². The second kappa shape index (κ2) is 3.69. The lowest BCUT2D eigenvalue weighted by molar-refractivity contribution is 0.0665. The first-order chi connectivity index (χ1) is 7.65. The summed E-state index contributed by atoms with van der Waals surface area (Å²) in [7, 11) is 1.44. The van der Waals surface area contributed by atoms with E-state index in [9.17, 15) is 9.59 Å². The summed E-state index contributed by atoms with van der Waals surface area (Å²) >= 11 is 0. The van der Waals surface area contributed by atoms with Crippen LogP contribution in [0.5, 0.6) is 5.75 Å². The van der Waals surface area contributed by atoms with Gasteiger partial charge in [-0.25, -0.2) is 4.79 Å². The predicted molar refractivity (Wildman–Crippen MR) is 55.1 cm³/mol. The molecule has 0 aliphatic rings. The monoisotopic (exact) mass is 220 g/mol. The van der Waals surface area contributed by atoms with E-state index in [0.29, 0.717) is 28.6 Å². The van der Waals surface area contributed by atoms with Gasteiger partial charge in [-0.15, -0.1) is 0 Å². The number of carboxylic acid groups (broad SMARTS) is 1. The number of rotatable bonds is 3. The third kappa shape index (κ3) is 1.52. The molecule has 2 rings (SSSR count). The van der Waals surface area contributed by atoms with Crippen molar-refractivity contribution in [2.45, 2.75) is 0 Å². The third-order valence-corrected chi connectivity index (χ3v) is 2.21. The normalized spacial score (nSPS) is 10.3. The molecule has 0 saturated carbocycles. The average molecular weight is 220 g/mol. The molecule has 0 aliphatic carbocycles. The second-order valence-corrected chi connectivity index (χ2v) is 3.17. The summed E-state index contributed by atoms with van der Waals surface area (Å²) < 4.78 is 10.1. The van der Waals surface area contributed by atoms with Gasteiger partial charge in [-0.3, -0.25) is 4.79 Å². The van der Waals surface area contributed by atoms with Crippen molar-refractivity contribution in [3.63, 3.8) is 0 Å². The molecule has 0 bridgehead atoms. The van der Waals surface area contributed by atoms with Crippen LogP contribution in [-0.4, -0.2) is 24.5 Å². The van der Waals surface area contributed by atoms with Crippen LogP contribution >= 0.6 is 0 Å². The zero-order valence-corrected chi connectivity index (χ0v) is 8.39. The zero-order chi connectivity index (χ0) is 11.7. The zero-order valence-electron chi connectivity index (χ0n) is 8.39. The molecule has 0 radical (unpaired) electrons. The number of furan rings is 1. The summed E-state index contributed by atoms with van der Waals surface area (Å²) in [6, 6.07) is 4.40. The van der Waals surface area contributed by atoms with E-state index in [2.05, 4.69) is 0 Å². The van der Waals surface area contributed by atoms with E-state index < -0.39 is 5.97 Å². The van der Waals surface area contributed by atoms with Crippen LogP contribution in [0.2, 0.25) is 0 Å². The van der Waals surface area contributed by atoms with Crippen molar-refractivity contribution in [2.75, 3.05) is 7.11 Å². The van der Waals surface area contributed by atoms with Gasteiger partial charge in [-0.1, -0.05) is 0 Å². The number of carbonyl (C=O) groups is 2. The number of carbonyl (C=O) groups excluding carboxylic acids is 1. The number of fused-ring (bicyclic) bond motifs is 1. The second-order valence-electron chi connectivity index (χ2n) is 3.17. The standard InChI is InChI=1S/C11H8O5/c1-15-8-2-6-3-10(11(13)14)16-9(6)4-7(8)5-12/h2-5H,1H3,(H,13,14). The maximum atomic E-state index is 10.7. The minimum absolute atomic E-state index is 0.167. The molecule has 0 amide bonds. The minimum atomic E-state index is -1.15. The first-order valence-corrected chi connectivity index (χ1v) is 4.45. The molecule has 1 N–H and O–H groups in total. The van der Waals surface area contributed by atoms with Gasteiger partial charge in [0.1, 0.15) is 11.3 Å². The van der Waals surface area contributed by atoms with Crippen molar-refractivity contribution < 1.29 is 23.8 Å². The molecule has 0 spiro atoms. The van der Waals surface area contributed by atoms with E-state index in [1.165, 1.54) is 19.2 Å². The van der Waals surface area contributed by atoms with Crippen molar-refractivity contribution >= 4 is 23.2 Å². The summed E-state index contributed by atoms with van der Waals surface area (Å²) in [6.45, 7) is 0. The Balaban J connectivity index is 2.68. The highest BCUT2D eigenvalue weighted by Crippen LogP contribution is 2.27. The Morgan fingerprint density at radius 1 is 1.44 bits per heavy atom. The molecule has 0 unspecified atom stereocenters. The Kier molecular flexibility index (Phi) is 2.36. The Morgan fingerprint density at radius 2 is 2.19 bits per heavy atom. The van der Waals surface area contributed by atoms with Gasteiger partial charge in [-0.2, -0.15) is 0 Å². The number of benzene rings is 1. The molecule has 5 nitrogen and oxygen atoms in total. The SMILES string of the molecule is COc1cc2cc(C(=O)O)oc2cc1C=O. The van der Waals surface area contributed by atoms with Gasteiger partial charge in [0, 0.05) is 5.39 Å². The molecule has 16 heavy (non-hydrogen) atoms. The van der Waals surface area contributed by atoms with E-state index in [1.807, 2.05) is 0 Å². The predicted octanol–water partition coefficient (Wildman–Crippen LogP) is 1.95. The largest absolute Gasteiger partial charge is 0.496 e. The van der Waals surface area contributed by atoms with Gasteiger partial charge in [0.15, 0.2) is 6.29 Å². The van der Waals surface area contributed by atoms with Crippen LogP contribution in [0.1, 0.15) is 20.9 Å². The summed E-state index contributed by atoms with van der Waals surface area (Å²) in [5, 5.41) is 9.33. The van der Waals surface area contributed by atoms with Crippen LogP contribution in [0.15, 0.2) is 22.6 Å². The lowest BCUT2D eigenvalue weighted by atomic mass is 10.1. The minimum Gasteiger partial charge on any atom is -0.496 e. The third-order valence-electron chi connectivity index (χ3n) is 2.21. The van der Waals surface area contributed by atoms with E-state index in [1.54, 1.807) is 6.07 Å². The molecular formula is C11H8O5. The molecule has 1 heterocycles. The summed E-state index contributed by atoms with van der Waals surface area (Å²) in [4.78, 5) is 21.4. The van der Waals surface area contributed by atoms with E-state index >= 15 is 0 Å². The maximum Gasteiger partial charge on any atom is 0.371 e. The number of aldehydes is 1. The van der Waals surface area contributed by atoms with Crippen LogP contribution in [0, 0.1) is 0 Å². The van der Waals surface area contributed by atoms with Crippen LogP contribution < -0.4 is 4.74 Å². The Bertz CT molecular complexity index is 567. The van der Waals surface area contributed by atoms with Gasteiger partial charge >= 0.3 is 5.97 Å². The number of methoxy groups -OCH3 is 1. The van der Waals surface area contributed by atoms with Gasteiger partial charge in [0.05, 0.1) is 12.7 Å². The fraction of sp³-hybridized carbons (Fsp3) is 0.0909. The number of hydrogen-bond acceptors (Lipinski definition) is 4. The number of hydrogen-bond donors (Lipinski definition) is 1. The smallest absolute Gasteiger partial charge is 0.371 e. The summed E-state index contributed by atoms with van der Waals surface area (Å²) in [6.07, 6.45) is 0.626. The quantitative estimate of drug-likeness (QED) is 0.800. The van der Waals surface area contributed by atoms with Crippen LogP contribution in [-0.2, 0) is 0 Å². The molecule has 0 fully saturated rings. The van der Waals surface area contributed by atoms with Crippen molar-refractivity contribution in [3.8, 4) is 5.75 Å². The van der Waals surface area contributed by atoms with E-state index in [-0.39, 0.29) is 5.76 Å². The molecular weight excluding hydrogens is 212 g/mol. The van der Waals surface area contributed by atoms with Crippen LogP contribution in [0.4, 0.5) is 0 Å². The van der Waals surface area contributed by atoms with Gasteiger partial charge < -0.3 is 14.3 Å². The fourth-order valence-electron chi connectivity index (χ4n) is 1.46. The molecule has 1 aromatic carbocycles. The first kappa shape index (κ1) is 10.2. The average Bonchev–Trinajstić information content (AvgIpc) is 2.69. The van der Waals surface area contributed by atoms with E-state index in [4.69, 9.17) is 14.3 Å². The molecule has 0 aliphatic heterocycles. The van der Waals surface area contributed by atoms with Gasteiger partial charge in [0.2, 0.25) is 5.76 Å². The summed E-state index contributed by atoms with van der Waals surface area (Å²) in [5.74, 6) is -0.928. The van der Waals surface area contributed by atoms with Crippen LogP contribution in [0.25, 0.3) is 11.0 Å². The number of carboxylic acids is 1. The molecule has 5 heteroatoms. The molecule has 2 aromatic rings. The fourth-order valence-corrected chi connectivity index (χ4v) is 1.46. The molecule has 0 saturated heterocycles. The highest BCUT2D eigenvalue weighted by molar-refractivity contribution is 5.94. The lowest BCUT2D eigenvalue weighted by Gasteiger charge is -2.01. The number of ether oxygens (including phenoxy) is 1. The molecule has 1 aromatic heterocycles.